The zero-order valence-corrected chi connectivity index (χ0v) is 18.2. The first-order chi connectivity index (χ1) is 14.7. The Hall–Kier alpha value is -2.62. The van der Waals surface area contributed by atoms with Gasteiger partial charge in [0.1, 0.15) is 11.4 Å². The Morgan fingerprint density at radius 2 is 1.87 bits per heavy atom. The molecule has 31 heavy (non-hydrogen) atoms. The van der Waals surface area contributed by atoms with Gasteiger partial charge in [-0.25, -0.2) is 13.2 Å². The average molecular weight is 463 g/mol. The quantitative estimate of drug-likeness (QED) is 0.625. The number of piperidine rings is 1. The highest BCUT2D eigenvalue weighted by Gasteiger charge is 2.45. The number of H-pyrrole nitrogens is 1. The molecule has 5 rings (SSSR count). The molecule has 0 atom stereocenters. The fraction of sp³-hybridized carbons (Fsp3) is 0.333. The molecule has 0 aliphatic carbocycles. The lowest BCUT2D eigenvalue weighted by molar-refractivity contribution is 0.00536. The van der Waals surface area contributed by atoms with Gasteiger partial charge in [-0.15, -0.1) is 0 Å². The maximum Gasteiger partial charge on any atom is 0.417 e. The molecule has 0 radical (unpaired) electrons. The van der Waals surface area contributed by atoms with Crippen LogP contribution >= 0.6 is 11.6 Å². The third-order valence-corrected chi connectivity index (χ3v) is 8.12. The molecule has 0 amide bonds. The second-order valence-electron chi connectivity index (χ2n) is 8.06. The summed E-state index contributed by atoms with van der Waals surface area (Å²) in [5.74, 6) is -0.151. The molecule has 162 valence electrons. The van der Waals surface area contributed by atoms with E-state index in [9.17, 15) is 18.0 Å². The number of oxazole rings is 1. The Morgan fingerprint density at radius 3 is 2.61 bits per heavy atom. The number of aromatic nitrogens is 1. The number of nitrogens with one attached hydrogen (secondary N) is 1. The van der Waals surface area contributed by atoms with Crippen molar-refractivity contribution in [3.05, 3.63) is 57.0 Å². The number of benzene rings is 2. The van der Waals surface area contributed by atoms with Crippen LogP contribution < -0.4 is 10.5 Å². The molecule has 1 saturated heterocycles. The van der Waals surface area contributed by atoms with Gasteiger partial charge in [0, 0.05) is 37.0 Å². The molecule has 1 fully saturated rings. The molecule has 2 aromatic carbocycles. The third kappa shape index (κ3) is 3.37. The summed E-state index contributed by atoms with van der Waals surface area (Å²) < 4.78 is 38.9. The molecule has 1 N–H and O–H groups in total. The van der Waals surface area contributed by atoms with E-state index in [2.05, 4.69) is 4.98 Å². The highest BCUT2D eigenvalue weighted by atomic mass is 35.5. The van der Waals surface area contributed by atoms with Crippen molar-refractivity contribution in [2.75, 3.05) is 13.1 Å². The van der Waals surface area contributed by atoms with Gasteiger partial charge in [0.15, 0.2) is 11.4 Å². The van der Waals surface area contributed by atoms with Crippen LogP contribution in [-0.2, 0) is 10.0 Å². The second-order valence-corrected chi connectivity index (χ2v) is 10.4. The van der Waals surface area contributed by atoms with Crippen LogP contribution in [0, 0.1) is 6.92 Å². The highest BCUT2D eigenvalue weighted by molar-refractivity contribution is 7.89. The summed E-state index contributed by atoms with van der Waals surface area (Å²) in [5.41, 5.74) is 1.15. The first kappa shape index (κ1) is 20.3. The van der Waals surface area contributed by atoms with Crippen LogP contribution in [-0.4, -0.2) is 42.2 Å². The molecule has 2 aliphatic rings. The monoisotopic (exact) mass is 462 g/mol. The molecular formula is C21H19ClN2O6S. The zero-order valence-electron chi connectivity index (χ0n) is 16.6. The van der Waals surface area contributed by atoms with E-state index < -0.39 is 21.4 Å². The van der Waals surface area contributed by atoms with Gasteiger partial charge < -0.3 is 9.15 Å². The van der Waals surface area contributed by atoms with Gasteiger partial charge in [0.25, 0.3) is 0 Å². The Labute approximate surface area is 182 Å². The number of rotatable bonds is 2. The van der Waals surface area contributed by atoms with Crippen LogP contribution in [0.15, 0.2) is 44.4 Å². The first-order valence-electron chi connectivity index (χ1n) is 9.82. The molecule has 8 nitrogen and oxygen atoms in total. The van der Waals surface area contributed by atoms with Crippen LogP contribution in [0.25, 0.3) is 11.1 Å². The molecule has 3 heterocycles. The van der Waals surface area contributed by atoms with Gasteiger partial charge in [-0.1, -0.05) is 11.6 Å². The predicted octanol–water partition coefficient (Wildman–Crippen LogP) is 3.27. The van der Waals surface area contributed by atoms with Crippen molar-refractivity contribution in [3.63, 3.8) is 0 Å². The van der Waals surface area contributed by atoms with Gasteiger partial charge >= 0.3 is 5.76 Å². The van der Waals surface area contributed by atoms with Crippen molar-refractivity contribution in [1.82, 2.24) is 9.29 Å². The molecule has 1 aromatic heterocycles. The average Bonchev–Trinajstić information content (AvgIpc) is 3.09. The van der Waals surface area contributed by atoms with Crippen LogP contribution in [0.1, 0.15) is 35.2 Å². The number of aromatic amines is 1. The number of ether oxygens (including phenoxy) is 1. The minimum atomic E-state index is -3.79. The molecule has 1 spiro atoms. The number of aryl methyl sites for hydroxylation is 1. The predicted molar refractivity (Wildman–Crippen MR) is 113 cm³/mol. The Balaban J connectivity index is 1.39. The summed E-state index contributed by atoms with van der Waals surface area (Å²) in [7, 11) is -3.79. The molecule has 2 aliphatic heterocycles. The van der Waals surface area contributed by atoms with Gasteiger partial charge in [-0.3, -0.25) is 9.78 Å². The number of halogens is 1. The van der Waals surface area contributed by atoms with Gasteiger partial charge in [-0.2, -0.15) is 4.31 Å². The molecule has 0 bridgehead atoms. The lowest BCUT2D eigenvalue weighted by Crippen LogP contribution is -2.52. The lowest BCUT2D eigenvalue weighted by atomic mass is 9.82. The number of Topliss-reactive ketones (excluding diaryl/α,β-unsaturated/α-hetero) is 1. The molecule has 3 aromatic rings. The van der Waals surface area contributed by atoms with Crippen molar-refractivity contribution in [3.8, 4) is 5.75 Å². The van der Waals surface area contributed by atoms with Crippen molar-refractivity contribution < 1.29 is 22.4 Å². The van der Waals surface area contributed by atoms with Crippen LogP contribution in [0.3, 0.4) is 0 Å². The summed E-state index contributed by atoms with van der Waals surface area (Å²) >= 11 is 6.08. The second kappa shape index (κ2) is 6.94. The number of nitrogens with zero attached hydrogens (tertiary/aromatic N) is 1. The van der Waals surface area contributed by atoms with E-state index in [0.29, 0.717) is 34.7 Å². The number of hydrogen-bond acceptors (Lipinski definition) is 6. The SMILES string of the molecule is Cc1cc(Cl)cc2c1OC1(CCN(S(=O)(=O)c3ccc4[nH]c(=O)oc4c3)CC1)CC2=O. The smallest absolute Gasteiger partial charge is 0.417 e. The fourth-order valence-electron chi connectivity index (χ4n) is 4.36. The largest absolute Gasteiger partial charge is 0.486 e. The van der Waals surface area contributed by atoms with E-state index in [0.717, 1.165) is 5.56 Å². The zero-order chi connectivity index (χ0) is 22.0. The lowest BCUT2D eigenvalue weighted by Gasteiger charge is -2.43. The number of sulfonamides is 1. The number of hydrogen-bond donors (Lipinski definition) is 1. The van der Waals surface area contributed by atoms with E-state index in [1.165, 1.54) is 22.5 Å². The number of carbonyl (C=O) groups is 1. The number of carbonyl (C=O) groups excluding carboxylic acids is 1. The third-order valence-electron chi connectivity index (χ3n) is 6.00. The number of ketones is 1. The van der Waals surface area contributed by atoms with Crippen molar-refractivity contribution >= 4 is 38.5 Å². The van der Waals surface area contributed by atoms with Gasteiger partial charge in [0.05, 0.1) is 22.4 Å². The first-order valence-corrected chi connectivity index (χ1v) is 11.6. The topological polar surface area (TPSA) is 110 Å². The van der Waals surface area contributed by atoms with Crippen LogP contribution in [0.4, 0.5) is 0 Å². The fourth-order valence-corrected chi connectivity index (χ4v) is 6.09. The molecular weight excluding hydrogens is 444 g/mol. The maximum absolute atomic E-state index is 13.1. The van der Waals surface area contributed by atoms with Crippen LogP contribution in [0.5, 0.6) is 5.75 Å². The summed E-state index contributed by atoms with van der Waals surface area (Å²) in [4.78, 5) is 26.7. The summed E-state index contributed by atoms with van der Waals surface area (Å²) in [6.07, 6.45) is 0.968. The minimum Gasteiger partial charge on any atom is -0.486 e. The van der Waals surface area contributed by atoms with E-state index >= 15 is 0 Å². The minimum absolute atomic E-state index is 0.0453. The molecule has 0 unspecified atom stereocenters. The van der Waals surface area contributed by atoms with Gasteiger partial charge in [0.2, 0.25) is 10.0 Å². The number of fused-ring (bicyclic) bond motifs is 2. The Kier molecular flexibility index (Phi) is 4.55. The van der Waals surface area contributed by atoms with E-state index in [1.807, 2.05) is 6.92 Å². The van der Waals surface area contributed by atoms with Crippen molar-refractivity contribution in [2.24, 2.45) is 0 Å². The molecule has 10 heteroatoms. The summed E-state index contributed by atoms with van der Waals surface area (Å²) in [5, 5.41) is 0.486. The highest BCUT2D eigenvalue weighted by Crippen LogP contribution is 2.42. The van der Waals surface area contributed by atoms with E-state index in [-0.39, 0.29) is 35.8 Å². The van der Waals surface area contributed by atoms with E-state index in [4.69, 9.17) is 20.8 Å². The standard InChI is InChI=1S/C21H19ClN2O6S/c1-12-8-13(22)9-15-17(25)11-21(30-19(12)15)4-6-24(7-5-21)31(27,28)14-2-3-16-18(10-14)29-20(26)23-16/h2-3,8-10H,4-7,11H2,1H3,(H,23,26). The van der Waals surface area contributed by atoms with Crippen molar-refractivity contribution in [1.29, 1.82) is 0 Å². The molecule has 0 saturated carbocycles. The Bertz CT molecular complexity index is 1380. The maximum atomic E-state index is 13.1. The van der Waals surface area contributed by atoms with Crippen molar-refractivity contribution in [2.45, 2.75) is 36.7 Å². The Morgan fingerprint density at radius 1 is 1.13 bits per heavy atom. The van der Waals surface area contributed by atoms with E-state index in [1.54, 1.807) is 12.1 Å². The normalized spacial score (nSPS) is 18.8. The van der Waals surface area contributed by atoms with Gasteiger partial charge in [-0.05, 0) is 36.8 Å². The summed E-state index contributed by atoms with van der Waals surface area (Å²) in [6.45, 7) is 2.27. The summed E-state index contributed by atoms with van der Waals surface area (Å²) in [6, 6.07) is 7.66. The van der Waals surface area contributed by atoms with Crippen LogP contribution in [0.2, 0.25) is 5.02 Å².